The Morgan fingerprint density at radius 3 is 2.70 bits per heavy atom. The zero-order valence-corrected chi connectivity index (χ0v) is 14.8. The van der Waals surface area contributed by atoms with Crippen molar-refractivity contribution in [3.8, 4) is 0 Å². The van der Waals surface area contributed by atoms with Gasteiger partial charge >= 0.3 is 0 Å². The number of piperidine rings is 1. The van der Waals surface area contributed by atoms with Crippen molar-refractivity contribution >= 4 is 24.2 Å². The second-order valence-electron chi connectivity index (χ2n) is 5.95. The van der Waals surface area contributed by atoms with Crippen LogP contribution < -0.4 is 10.6 Å². The minimum absolute atomic E-state index is 0. The Balaban J connectivity index is 0.00000264. The van der Waals surface area contributed by atoms with Gasteiger partial charge in [0.05, 0.1) is 0 Å². The zero-order valence-electron chi connectivity index (χ0n) is 14.0. The van der Waals surface area contributed by atoms with Gasteiger partial charge in [0.2, 0.25) is 0 Å². The van der Waals surface area contributed by atoms with Crippen LogP contribution in [0.4, 0.5) is 0 Å². The Kier molecular flexibility index (Phi) is 7.52. The average molecular weight is 340 g/mol. The van der Waals surface area contributed by atoms with Gasteiger partial charge in [-0.3, -0.25) is 9.59 Å². The van der Waals surface area contributed by atoms with Gasteiger partial charge in [0, 0.05) is 37.3 Å². The maximum atomic E-state index is 12.4. The van der Waals surface area contributed by atoms with Crippen LogP contribution >= 0.6 is 12.4 Å². The van der Waals surface area contributed by atoms with Crippen LogP contribution in [0.5, 0.6) is 0 Å². The van der Waals surface area contributed by atoms with Crippen molar-refractivity contribution < 1.29 is 9.59 Å². The molecular formula is C17H26ClN3O2. The number of benzene rings is 1. The number of nitrogens with zero attached hydrogens (tertiary/aromatic N) is 1. The maximum Gasteiger partial charge on any atom is 0.253 e. The highest BCUT2D eigenvalue weighted by atomic mass is 35.5. The molecule has 0 aliphatic carbocycles. The molecule has 23 heavy (non-hydrogen) atoms. The summed E-state index contributed by atoms with van der Waals surface area (Å²) >= 11 is 0. The SMILES string of the molecule is CCN(C)C(=O)c1cccc(C(=O)NC2CNCCC2C)c1.Cl. The molecule has 128 valence electrons. The fourth-order valence-corrected chi connectivity index (χ4v) is 2.59. The van der Waals surface area contributed by atoms with E-state index in [1.165, 1.54) is 0 Å². The molecule has 2 amide bonds. The molecule has 0 radical (unpaired) electrons. The summed E-state index contributed by atoms with van der Waals surface area (Å²) in [6.07, 6.45) is 1.06. The molecular weight excluding hydrogens is 314 g/mol. The standard InChI is InChI=1S/C17H25N3O2.ClH/c1-4-20(3)17(22)14-7-5-6-13(10-14)16(21)19-15-11-18-9-8-12(15)2;/h5-7,10,12,15,18H,4,8-9,11H2,1-3H3,(H,19,21);1H. The van der Waals surface area contributed by atoms with Crippen molar-refractivity contribution in [2.75, 3.05) is 26.7 Å². The highest BCUT2D eigenvalue weighted by Gasteiger charge is 2.23. The van der Waals surface area contributed by atoms with Crippen molar-refractivity contribution in [1.29, 1.82) is 0 Å². The van der Waals surface area contributed by atoms with Crippen LogP contribution in [0.25, 0.3) is 0 Å². The normalized spacial score (nSPS) is 20.3. The predicted octanol–water partition coefficient (Wildman–Crippen LogP) is 1.93. The summed E-state index contributed by atoms with van der Waals surface area (Å²) in [5.74, 6) is 0.278. The Morgan fingerprint density at radius 1 is 1.35 bits per heavy atom. The summed E-state index contributed by atoms with van der Waals surface area (Å²) in [5.41, 5.74) is 1.08. The van der Waals surface area contributed by atoms with Crippen molar-refractivity contribution in [1.82, 2.24) is 15.5 Å². The van der Waals surface area contributed by atoms with E-state index >= 15 is 0 Å². The quantitative estimate of drug-likeness (QED) is 0.881. The van der Waals surface area contributed by atoms with Crippen LogP contribution in [0.3, 0.4) is 0 Å². The van der Waals surface area contributed by atoms with E-state index in [4.69, 9.17) is 0 Å². The smallest absolute Gasteiger partial charge is 0.253 e. The van der Waals surface area contributed by atoms with Crippen LogP contribution in [0.2, 0.25) is 0 Å². The number of halogens is 1. The molecule has 1 aliphatic rings. The fourth-order valence-electron chi connectivity index (χ4n) is 2.59. The van der Waals surface area contributed by atoms with Gasteiger partial charge in [0.1, 0.15) is 0 Å². The Bertz CT molecular complexity index is 550. The molecule has 2 atom stereocenters. The highest BCUT2D eigenvalue weighted by molar-refractivity contribution is 5.99. The molecule has 0 saturated carbocycles. The Hall–Kier alpha value is -1.59. The number of carbonyl (C=O) groups is 2. The topological polar surface area (TPSA) is 61.4 Å². The van der Waals surface area contributed by atoms with E-state index in [1.54, 1.807) is 36.2 Å². The first-order chi connectivity index (χ1) is 10.5. The molecule has 0 aromatic heterocycles. The first kappa shape index (κ1) is 19.5. The van der Waals surface area contributed by atoms with Crippen LogP contribution in [0.1, 0.15) is 41.0 Å². The van der Waals surface area contributed by atoms with E-state index in [-0.39, 0.29) is 30.3 Å². The van der Waals surface area contributed by atoms with Crippen molar-refractivity contribution in [3.05, 3.63) is 35.4 Å². The minimum Gasteiger partial charge on any atom is -0.348 e. The third kappa shape index (κ3) is 4.94. The Morgan fingerprint density at radius 2 is 2.04 bits per heavy atom. The molecule has 1 saturated heterocycles. The van der Waals surface area contributed by atoms with Gasteiger partial charge in [-0.1, -0.05) is 13.0 Å². The molecule has 2 N–H and O–H groups in total. The number of rotatable bonds is 4. The van der Waals surface area contributed by atoms with Crippen LogP contribution in [-0.2, 0) is 0 Å². The second kappa shape index (κ2) is 8.89. The lowest BCUT2D eigenvalue weighted by molar-refractivity contribution is 0.0802. The molecule has 1 heterocycles. The van der Waals surface area contributed by atoms with E-state index in [1.807, 2.05) is 6.92 Å². The third-order valence-electron chi connectivity index (χ3n) is 4.34. The lowest BCUT2D eigenvalue weighted by Gasteiger charge is -2.30. The van der Waals surface area contributed by atoms with Gasteiger partial charge in [0.25, 0.3) is 11.8 Å². The molecule has 2 unspecified atom stereocenters. The summed E-state index contributed by atoms with van der Waals surface area (Å²) in [7, 11) is 1.75. The van der Waals surface area contributed by atoms with E-state index in [0.29, 0.717) is 23.6 Å². The van der Waals surface area contributed by atoms with Gasteiger partial charge in [-0.05, 0) is 44.0 Å². The maximum absolute atomic E-state index is 12.4. The van der Waals surface area contributed by atoms with E-state index in [2.05, 4.69) is 17.6 Å². The van der Waals surface area contributed by atoms with Crippen LogP contribution in [0.15, 0.2) is 24.3 Å². The number of hydrogen-bond acceptors (Lipinski definition) is 3. The first-order valence-electron chi connectivity index (χ1n) is 7.90. The van der Waals surface area contributed by atoms with Gasteiger partial charge in [-0.15, -0.1) is 12.4 Å². The van der Waals surface area contributed by atoms with Gasteiger partial charge in [-0.25, -0.2) is 0 Å². The van der Waals surface area contributed by atoms with Crippen molar-refractivity contribution in [2.45, 2.75) is 26.3 Å². The van der Waals surface area contributed by atoms with Gasteiger partial charge in [-0.2, -0.15) is 0 Å². The van der Waals surface area contributed by atoms with E-state index in [0.717, 1.165) is 19.5 Å². The summed E-state index contributed by atoms with van der Waals surface area (Å²) in [4.78, 5) is 26.2. The monoisotopic (exact) mass is 339 g/mol. The molecule has 0 spiro atoms. The minimum atomic E-state index is -0.116. The van der Waals surface area contributed by atoms with Crippen LogP contribution in [-0.4, -0.2) is 49.4 Å². The number of carbonyl (C=O) groups excluding carboxylic acids is 2. The molecule has 1 aromatic rings. The second-order valence-corrected chi connectivity index (χ2v) is 5.95. The molecule has 6 heteroatoms. The number of amides is 2. The number of hydrogen-bond donors (Lipinski definition) is 2. The van der Waals surface area contributed by atoms with E-state index in [9.17, 15) is 9.59 Å². The van der Waals surface area contributed by atoms with Crippen molar-refractivity contribution in [2.24, 2.45) is 5.92 Å². The highest BCUT2D eigenvalue weighted by Crippen LogP contribution is 2.13. The largest absolute Gasteiger partial charge is 0.348 e. The summed E-state index contributed by atoms with van der Waals surface area (Å²) in [5, 5.41) is 6.37. The first-order valence-corrected chi connectivity index (χ1v) is 7.90. The zero-order chi connectivity index (χ0) is 16.1. The van der Waals surface area contributed by atoms with E-state index < -0.39 is 0 Å². The summed E-state index contributed by atoms with van der Waals surface area (Å²) in [6, 6.07) is 7.06. The molecule has 0 bridgehead atoms. The lowest BCUT2D eigenvalue weighted by atomic mass is 9.94. The third-order valence-corrected chi connectivity index (χ3v) is 4.34. The van der Waals surface area contributed by atoms with Crippen molar-refractivity contribution in [3.63, 3.8) is 0 Å². The predicted molar refractivity (Wildman–Crippen MR) is 94.2 cm³/mol. The molecule has 1 aliphatic heterocycles. The molecule has 1 fully saturated rings. The molecule has 5 nitrogen and oxygen atoms in total. The number of nitrogens with one attached hydrogen (secondary N) is 2. The summed E-state index contributed by atoms with van der Waals surface area (Å²) in [6.45, 7) is 6.51. The fraction of sp³-hybridized carbons (Fsp3) is 0.529. The lowest BCUT2D eigenvalue weighted by Crippen LogP contribution is -2.50. The average Bonchev–Trinajstić information content (AvgIpc) is 2.55. The van der Waals surface area contributed by atoms with Gasteiger partial charge < -0.3 is 15.5 Å². The molecule has 1 aromatic carbocycles. The molecule has 2 rings (SSSR count). The van der Waals surface area contributed by atoms with Gasteiger partial charge in [0.15, 0.2) is 0 Å². The van der Waals surface area contributed by atoms with Crippen LogP contribution in [0, 0.1) is 5.92 Å². The Labute approximate surface area is 144 Å². The summed E-state index contributed by atoms with van der Waals surface area (Å²) < 4.78 is 0.